The van der Waals surface area contributed by atoms with E-state index in [1.54, 1.807) is 18.2 Å². The van der Waals surface area contributed by atoms with E-state index in [4.69, 9.17) is 9.47 Å². The minimum atomic E-state index is 0. The standard InChI is InChI=1S/C16H15NO3.ClH/c18-14(11-17-13-4-2-1-3-5-13)12-6-7-15-16(10-12)20-9-8-19-15;/h1-7,10,17H,8-9,11H2;1H/p-1. The van der Waals surface area contributed by atoms with E-state index in [2.05, 4.69) is 5.32 Å². The number of hydrogen-bond donors (Lipinski definition) is 1. The van der Waals surface area contributed by atoms with Gasteiger partial charge >= 0.3 is 0 Å². The highest BCUT2D eigenvalue weighted by molar-refractivity contribution is 5.99. The Kier molecular flexibility index (Phi) is 5.06. The number of carbonyl (C=O) groups excluding carboxylic acids is 1. The first-order valence-corrected chi connectivity index (χ1v) is 6.55. The number of rotatable bonds is 4. The molecule has 0 unspecified atom stereocenters. The number of nitrogens with one attached hydrogen (secondary N) is 1. The lowest BCUT2D eigenvalue weighted by atomic mass is 10.1. The van der Waals surface area contributed by atoms with Gasteiger partial charge in [0.1, 0.15) is 13.2 Å². The van der Waals surface area contributed by atoms with Crippen molar-refractivity contribution in [1.29, 1.82) is 0 Å². The number of benzene rings is 2. The lowest BCUT2D eigenvalue weighted by Gasteiger charge is -2.18. The Labute approximate surface area is 129 Å². The second-order valence-electron chi connectivity index (χ2n) is 4.50. The van der Waals surface area contributed by atoms with Crippen molar-refractivity contribution < 1.29 is 26.7 Å². The first-order valence-electron chi connectivity index (χ1n) is 6.55. The molecule has 0 saturated carbocycles. The van der Waals surface area contributed by atoms with Gasteiger partial charge in [-0.25, -0.2) is 0 Å². The molecular formula is C16H15ClNO3-. The van der Waals surface area contributed by atoms with E-state index in [1.165, 1.54) is 0 Å². The van der Waals surface area contributed by atoms with E-state index in [1.807, 2.05) is 30.3 Å². The summed E-state index contributed by atoms with van der Waals surface area (Å²) in [5.74, 6) is 1.36. The molecular weight excluding hydrogens is 290 g/mol. The largest absolute Gasteiger partial charge is 1.00 e. The summed E-state index contributed by atoms with van der Waals surface area (Å²) in [5, 5.41) is 3.10. The molecule has 4 nitrogen and oxygen atoms in total. The van der Waals surface area contributed by atoms with Crippen LogP contribution in [0.25, 0.3) is 0 Å². The van der Waals surface area contributed by atoms with Crippen molar-refractivity contribution in [2.45, 2.75) is 0 Å². The van der Waals surface area contributed by atoms with Gasteiger partial charge in [-0.2, -0.15) is 0 Å². The molecule has 2 aromatic carbocycles. The van der Waals surface area contributed by atoms with Crippen molar-refractivity contribution in [1.82, 2.24) is 0 Å². The zero-order chi connectivity index (χ0) is 13.8. The van der Waals surface area contributed by atoms with Gasteiger partial charge in [0.15, 0.2) is 17.3 Å². The molecule has 0 saturated heterocycles. The van der Waals surface area contributed by atoms with Gasteiger partial charge in [-0.3, -0.25) is 4.79 Å². The molecule has 1 N–H and O–H groups in total. The summed E-state index contributed by atoms with van der Waals surface area (Å²) in [5.41, 5.74) is 1.55. The molecule has 5 heteroatoms. The van der Waals surface area contributed by atoms with Crippen LogP contribution in [0.4, 0.5) is 5.69 Å². The fourth-order valence-electron chi connectivity index (χ4n) is 2.06. The molecule has 1 aliphatic rings. The molecule has 0 spiro atoms. The fraction of sp³-hybridized carbons (Fsp3) is 0.188. The van der Waals surface area contributed by atoms with E-state index in [0.29, 0.717) is 30.3 Å². The number of para-hydroxylation sites is 1. The van der Waals surface area contributed by atoms with Crippen LogP contribution in [0.1, 0.15) is 10.4 Å². The van der Waals surface area contributed by atoms with Crippen molar-refractivity contribution in [2.75, 3.05) is 25.1 Å². The first kappa shape index (κ1) is 15.2. The maximum absolute atomic E-state index is 12.1. The van der Waals surface area contributed by atoms with Crippen molar-refractivity contribution in [3.8, 4) is 11.5 Å². The van der Waals surface area contributed by atoms with Crippen LogP contribution in [0, 0.1) is 0 Å². The summed E-state index contributed by atoms with van der Waals surface area (Å²) in [6.45, 7) is 1.33. The lowest BCUT2D eigenvalue weighted by molar-refractivity contribution is -0.0000122. The normalized spacial score (nSPS) is 12.2. The van der Waals surface area contributed by atoms with Crippen molar-refractivity contribution >= 4 is 11.5 Å². The summed E-state index contributed by atoms with van der Waals surface area (Å²) in [4.78, 5) is 12.1. The molecule has 0 fully saturated rings. The van der Waals surface area contributed by atoms with Crippen LogP contribution in [0.5, 0.6) is 11.5 Å². The van der Waals surface area contributed by atoms with Crippen LogP contribution >= 0.6 is 0 Å². The van der Waals surface area contributed by atoms with Gasteiger partial charge in [-0.05, 0) is 30.3 Å². The minimum absolute atomic E-state index is 0. The Morgan fingerprint density at radius 2 is 1.71 bits per heavy atom. The van der Waals surface area contributed by atoms with Crippen LogP contribution in [-0.2, 0) is 0 Å². The van der Waals surface area contributed by atoms with Gasteiger partial charge in [-0.15, -0.1) is 0 Å². The molecule has 1 heterocycles. The monoisotopic (exact) mass is 304 g/mol. The highest BCUT2D eigenvalue weighted by Gasteiger charge is 2.14. The van der Waals surface area contributed by atoms with Gasteiger partial charge in [0.2, 0.25) is 0 Å². The molecule has 110 valence electrons. The molecule has 0 atom stereocenters. The van der Waals surface area contributed by atoms with Gasteiger partial charge < -0.3 is 27.2 Å². The molecule has 0 bridgehead atoms. The number of ketones is 1. The number of Topliss-reactive ketones (excluding diaryl/α,β-unsaturated/α-hetero) is 1. The number of carbonyl (C=O) groups is 1. The van der Waals surface area contributed by atoms with Crippen LogP contribution < -0.4 is 27.2 Å². The van der Waals surface area contributed by atoms with Crippen molar-refractivity contribution in [3.63, 3.8) is 0 Å². The summed E-state index contributed by atoms with van der Waals surface area (Å²) in [6, 6.07) is 14.9. The summed E-state index contributed by atoms with van der Waals surface area (Å²) in [6.07, 6.45) is 0. The topological polar surface area (TPSA) is 47.6 Å². The average molecular weight is 305 g/mol. The Balaban J connectivity index is 0.00000161. The predicted molar refractivity (Wildman–Crippen MR) is 76.7 cm³/mol. The van der Waals surface area contributed by atoms with Crippen LogP contribution in [0.3, 0.4) is 0 Å². The zero-order valence-electron chi connectivity index (χ0n) is 11.3. The molecule has 1 aliphatic heterocycles. The molecule has 0 aromatic heterocycles. The van der Waals surface area contributed by atoms with E-state index < -0.39 is 0 Å². The second kappa shape index (κ2) is 6.99. The summed E-state index contributed by atoms with van der Waals surface area (Å²) >= 11 is 0. The van der Waals surface area contributed by atoms with Crippen LogP contribution in [-0.4, -0.2) is 25.5 Å². The van der Waals surface area contributed by atoms with Gasteiger partial charge in [-0.1, -0.05) is 18.2 Å². The highest BCUT2D eigenvalue weighted by Crippen LogP contribution is 2.30. The van der Waals surface area contributed by atoms with Gasteiger partial charge in [0, 0.05) is 11.3 Å². The first-order chi connectivity index (χ1) is 9.83. The smallest absolute Gasteiger partial charge is 0.181 e. The maximum Gasteiger partial charge on any atom is 0.181 e. The third-order valence-electron chi connectivity index (χ3n) is 3.09. The number of ether oxygens (including phenoxy) is 2. The van der Waals surface area contributed by atoms with Gasteiger partial charge in [0.05, 0.1) is 6.54 Å². The fourth-order valence-corrected chi connectivity index (χ4v) is 2.06. The molecule has 0 aliphatic carbocycles. The predicted octanol–water partition coefficient (Wildman–Crippen LogP) is -0.243. The lowest BCUT2D eigenvalue weighted by Crippen LogP contribution is -3.00. The Morgan fingerprint density at radius 1 is 1.00 bits per heavy atom. The summed E-state index contributed by atoms with van der Waals surface area (Å²) in [7, 11) is 0. The van der Waals surface area contributed by atoms with E-state index in [0.717, 1.165) is 5.69 Å². The highest BCUT2D eigenvalue weighted by atomic mass is 35.5. The minimum Gasteiger partial charge on any atom is -1.00 e. The SMILES string of the molecule is O=C(CNc1ccccc1)c1ccc2c(c1)OCCO2.[Cl-]. The van der Waals surface area contributed by atoms with Crippen LogP contribution in [0.2, 0.25) is 0 Å². The van der Waals surface area contributed by atoms with Crippen molar-refractivity contribution in [2.24, 2.45) is 0 Å². The Bertz CT molecular complexity index is 616. The van der Waals surface area contributed by atoms with Gasteiger partial charge in [0.25, 0.3) is 0 Å². The Hall–Kier alpha value is -2.20. The summed E-state index contributed by atoms with van der Waals surface area (Å²) < 4.78 is 10.9. The van der Waals surface area contributed by atoms with E-state index in [-0.39, 0.29) is 24.7 Å². The molecule has 0 amide bonds. The quantitative estimate of drug-likeness (QED) is 0.792. The van der Waals surface area contributed by atoms with Crippen LogP contribution in [0.15, 0.2) is 48.5 Å². The molecule has 21 heavy (non-hydrogen) atoms. The molecule has 3 rings (SSSR count). The zero-order valence-corrected chi connectivity index (χ0v) is 12.1. The van der Waals surface area contributed by atoms with Crippen molar-refractivity contribution in [3.05, 3.63) is 54.1 Å². The van der Waals surface area contributed by atoms with E-state index in [9.17, 15) is 4.79 Å². The average Bonchev–Trinajstić information content (AvgIpc) is 2.53. The Morgan fingerprint density at radius 3 is 2.48 bits per heavy atom. The number of fused-ring (bicyclic) bond motifs is 1. The third-order valence-corrected chi connectivity index (χ3v) is 3.09. The third kappa shape index (κ3) is 3.67. The maximum atomic E-state index is 12.1. The second-order valence-corrected chi connectivity index (χ2v) is 4.50. The molecule has 2 aromatic rings. The number of anilines is 1. The molecule has 0 radical (unpaired) electrons. The van der Waals surface area contributed by atoms with E-state index >= 15 is 0 Å². The number of hydrogen-bond acceptors (Lipinski definition) is 4. The number of halogens is 1.